The van der Waals surface area contributed by atoms with Crippen LogP contribution in [0.5, 0.6) is 0 Å². The van der Waals surface area contributed by atoms with Crippen LogP contribution in [-0.4, -0.2) is 17.5 Å². The van der Waals surface area contributed by atoms with Gasteiger partial charge in [-0.3, -0.25) is 10.3 Å². The van der Waals surface area contributed by atoms with E-state index in [1.165, 1.54) is 43.9 Å². The fourth-order valence-corrected chi connectivity index (χ4v) is 2.56. The van der Waals surface area contributed by atoms with Gasteiger partial charge in [0.1, 0.15) is 0 Å². The highest BCUT2D eigenvalue weighted by Crippen LogP contribution is 2.29. The van der Waals surface area contributed by atoms with Crippen LogP contribution in [0.3, 0.4) is 0 Å². The summed E-state index contributed by atoms with van der Waals surface area (Å²) in [7, 11) is 0. The second-order valence-corrected chi connectivity index (χ2v) is 4.69. The van der Waals surface area contributed by atoms with Crippen LogP contribution in [0.1, 0.15) is 39.0 Å². The molecule has 0 heterocycles. The molecule has 1 fully saturated rings. The molecular weight excluding hydrogens is 206 g/mol. The number of aliphatic imine (C=N–C) groups is 1. The monoisotopic (exact) mass is 225 g/mol. The van der Waals surface area contributed by atoms with Crippen LogP contribution in [0, 0.1) is 17.4 Å². The van der Waals surface area contributed by atoms with E-state index in [1.54, 1.807) is 0 Å². The van der Waals surface area contributed by atoms with Gasteiger partial charge in [-0.25, -0.2) is 0 Å². The predicted octanol–water partition coefficient (Wildman–Crippen LogP) is 2.74. The Morgan fingerprint density at radius 2 is 2.27 bits per heavy atom. The summed E-state index contributed by atoms with van der Waals surface area (Å²) in [5.74, 6) is 0.710. The van der Waals surface area contributed by atoms with Crippen LogP contribution in [-0.2, 0) is 0 Å². The van der Waals surface area contributed by atoms with Gasteiger partial charge in [-0.15, -0.1) is 0 Å². The molecule has 1 aliphatic carbocycles. The van der Waals surface area contributed by atoms with E-state index in [0.29, 0.717) is 12.0 Å². The van der Waals surface area contributed by atoms with Crippen molar-refractivity contribution in [1.82, 2.24) is 5.32 Å². The summed E-state index contributed by atoms with van der Waals surface area (Å²) in [5, 5.41) is 12.0. The minimum atomic E-state index is 0.423. The Kier molecular flexibility index (Phi) is 5.56. The van der Waals surface area contributed by atoms with Crippen LogP contribution < -0.4 is 5.32 Å². The van der Waals surface area contributed by atoms with Crippen molar-refractivity contribution in [1.29, 1.82) is 5.26 Å². The number of nitrogens with one attached hydrogen (secondary N) is 1. The van der Waals surface area contributed by atoms with Crippen molar-refractivity contribution in [3.05, 3.63) is 0 Å². The van der Waals surface area contributed by atoms with Crippen LogP contribution in [0.2, 0.25) is 0 Å². The number of hydrogen-bond donors (Lipinski definition) is 1. The highest BCUT2D eigenvalue weighted by atomic mass is 32.2. The van der Waals surface area contributed by atoms with E-state index in [0.717, 1.165) is 5.17 Å². The molecule has 0 amide bonds. The lowest BCUT2D eigenvalue weighted by molar-refractivity contribution is 0.302. The summed E-state index contributed by atoms with van der Waals surface area (Å²) < 4.78 is 0. The second kappa shape index (κ2) is 6.73. The average Bonchev–Trinajstić information content (AvgIpc) is 2.29. The molecule has 15 heavy (non-hydrogen) atoms. The van der Waals surface area contributed by atoms with Gasteiger partial charge in [-0.2, -0.15) is 5.26 Å². The maximum atomic E-state index is 8.57. The first-order valence-corrected chi connectivity index (χ1v) is 6.81. The summed E-state index contributed by atoms with van der Waals surface area (Å²) >= 11 is 1.52. The molecule has 84 valence electrons. The smallest absolute Gasteiger partial charge is 0.183 e. The molecule has 0 spiro atoms. The molecular formula is C11H19N3S. The zero-order valence-corrected chi connectivity index (χ0v) is 10.3. The van der Waals surface area contributed by atoms with Crippen molar-refractivity contribution in [3.8, 4) is 6.19 Å². The van der Waals surface area contributed by atoms with E-state index in [2.05, 4.69) is 17.2 Å². The van der Waals surface area contributed by atoms with Crippen molar-refractivity contribution < 1.29 is 0 Å². The van der Waals surface area contributed by atoms with E-state index in [9.17, 15) is 0 Å². The highest BCUT2D eigenvalue weighted by molar-refractivity contribution is 8.13. The van der Waals surface area contributed by atoms with E-state index in [1.807, 2.05) is 12.4 Å². The fraction of sp³-hybridized carbons (Fsp3) is 0.818. The molecule has 4 heteroatoms. The zero-order chi connectivity index (χ0) is 11.1. The molecule has 0 aromatic heterocycles. The number of nitriles is 1. The molecule has 1 N–H and O–H groups in total. The number of amidine groups is 1. The minimum absolute atomic E-state index is 0.423. The molecule has 0 saturated heterocycles. The number of nitrogens with zero attached hydrogens (tertiary/aromatic N) is 2. The summed E-state index contributed by atoms with van der Waals surface area (Å²) in [6.07, 6.45) is 10.2. The third-order valence-electron chi connectivity index (χ3n) is 3.03. The maximum absolute atomic E-state index is 8.57. The maximum Gasteiger partial charge on any atom is 0.183 e. The topological polar surface area (TPSA) is 48.2 Å². The molecule has 1 rings (SSSR count). The summed E-state index contributed by atoms with van der Waals surface area (Å²) in [6.45, 7) is 2.23. The van der Waals surface area contributed by atoms with Gasteiger partial charge in [-0.1, -0.05) is 37.9 Å². The summed E-state index contributed by atoms with van der Waals surface area (Å²) in [5.41, 5.74) is 0. The number of thioether (sulfide) groups is 1. The molecule has 2 unspecified atom stereocenters. The van der Waals surface area contributed by atoms with Crippen molar-refractivity contribution in [2.75, 3.05) is 6.26 Å². The zero-order valence-electron chi connectivity index (χ0n) is 9.49. The van der Waals surface area contributed by atoms with Gasteiger partial charge in [0.2, 0.25) is 0 Å². The van der Waals surface area contributed by atoms with Crippen molar-refractivity contribution in [3.63, 3.8) is 0 Å². The Hall–Kier alpha value is -0.690. The van der Waals surface area contributed by atoms with E-state index >= 15 is 0 Å². The lowest BCUT2D eigenvalue weighted by Gasteiger charge is -2.28. The Bertz CT molecular complexity index is 257. The van der Waals surface area contributed by atoms with Gasteiger partial charge in [0.15, 0.2) is 11.4 Å². The van der Waals surface area contributed by atoms with Crippen LogP contribution in [0.15, 0.2) is 4.99 Å². The summed E-state index contributed by atoms with van der Waals surface area (Å²) in [6, 6.07) is 0.423. The van der Waals surface area contributed by atoms with Gasteiger partial charge in [0.05, 0.1) is 6.04 Å². The normalized spacial score (nSPS) is 27.1. The molecule has 0 bridgehead atoms. The van der Waals surface area contributed by atoms with E-state index in [-0.39, 0.29) is 0 Å². The molecule has 0 aromatic carbocycles. The van der Waals surface area contributed by atoms with Crippen molar-refractivity contribution in [2.24, 2.45) is 10.9 Å². The highest BCUT2D eigenvalue weighted by Gasteiger charge is 2.23. The standard InChI is InChI=1S/C11H19N3S/c1-3-9-6-4-5-7-10(9)14-11(15-2)13-8-12/h9-10H,3-7H2,1-2H3,(H,13,14). The lowest BCUT2D eigenvalue weighted by atomic mass is 9.83. The van der Waals surface area contributed by atoms with Crippen LogP contribution in [0.25, 0.3) is 0 Å². The van der Waals surface area contributed by atoms with Crippen LogP contribution in [0.4, 0.5) is 0 Å². The third kappa shape index (κ3) is 3.75. The first-order valence-electron chi connectivity index (χ1n) is 5.58. The lowest BCUT2D eigenvalue weighted by Crippen LogP contribution is -2.26. The van der Waals surface area contributed by atoms with Crippen LogP contribution >= 0.6 is 11.8 Å². The van der Waals surface area contributed by atoms with E-state index < -0.39 is 0 Å². The SMILES string of the molecule is CCC1CCCCC1N=C(NC#N)SC. The predicted molar refractivity (Wildman–Crippen MR) is 65.7 cm³/mol. The minimum Gasteiger partial charge on any atom is -0.272 e. The van der Waals surface area contributed by atoms with Gasteiger partial charge in [-0.05, 0) is 25.0 Å². The quantitative estimate of drug-likeness (QED) is 0.340. The Morgan fingerprint density at radius 1 is 1.53 bits per heavy atom. The van der Waals surface area contributed by atoms with E-state index in [4.69, 9.17) is 5.26 Å². The van der Waals surface area contributed by atoms with Gasteiger partial charge < -0.3 is 0 Å². The second-order valence-electron chi connectivity index (χ2n) is 3.90. The molecule has 3 nitrogen and oxygen atoms in total. The third-order valence-corrected chi connectivity index (χ3v) is 3.63. The number of hydrogen-bond acceptors (Lipinski definition) is 3. The van der Waals surface area contributed by atoms with Crippen molar-refractivity contribution >= 4 is 16.9 Å². The molecule has 2 atom stereocenters. The molecule has 1 aliphatic rings. The first kappa shape index (κ1) is 12.4. The molecule has 0 aliphatic heterocycles. The van der Waals surface area contributed by atoms with Crippen molar-refractivity contribution in [2.45, 2.75) is 45.1 Å². The van der Waals surface area contributed by atoms with Gasteiger partial charge in [0.25, 0.3) is 0 Å². The average molecular weight is 225 g/mol. The Balaban J connectivity index is 2.63. The molecule has 0 radical (unpaired) electrons. The molecule has 0 aromatic rings. The first-order chi connectivity index (χ1) is 7.31. The Morgan fingerprint density at radius 3 is 2.87 bits per heavy atom. The number of rotatable bonds is 2. The summed E-state index contributed by atoms with van der Waals surface area (Å²) in [4.78, 5) is 4.64. The largest absolute Gasteiger partial charge is 0.272 e. The van der Waals surface area contributed by atoms with Gasteiger partial charge in [0, 0.05) is 0 Å². The fourth-order valence-electron chi connectivity index (χ4n) is 2.17. The van der Waals surface area contributed by atoms with Gasteiger partial charge >= 0.3 is 0 Å². The molecule has 1 saturated carbocycles. The Labute approximate surface area is 96.3 Å².